The highest BCUT2D eigenvalue weighted by Crippen LogP contribution is 2.25. The molecule has 0 amide bonds. The van der Waals surface area contributed by atoms with E-state index in [-0.39, 0.29) is 4.90 Å². The van der Waals surface area contributed by atoms with E-state index in [1.165, 1.54) is 16.7 Å². The van der Waals surface area contributed by atoms with Crippen molar-refractivity contribution in [2.75, 3.05) is 31.1 Å². The van der Waals surface area contributed by atoms with E-state index in [9.17, 15) is 8.42 Å². The van der Waals surface area contributed by atoms with Crippen molar-refractivity contribution < 1.29 is 8.42 Å². The van der Waals surface area contributed by atoms with E-state index < -0.39 is 10.0 Å². The molecule has 0 bridgehead atoms. The van der Waals surface area contributed by atoms with E-state index in [1.54, 1.807) is 25.4 Å². The predicted octanol–water partition coefficient (Wildman–Crippen LogP) is 2.75. The van der Waals surface area contributed by atoms with Crippen LogP contribution in [-0.2, 0) is 10.0 Å². The van der Waals surface area contributed by atoms with Crippen molar-refractivity contribution >= 4 is 27.4 Å². The number of aromatic nitrogens is 4. The number of nitrogens with zero attached hydrogens (tertiary/aromatic N) is 6. The van der Waals surface area contributed by atoms with Gasteiger partial charge < -0.3 is 4.90 Å². The molecule has 0 aliphatic carbocycles. The first-order valence-corrected chi connectivity index (χ1v) is 11.4. The van der Waals surface area contributed by atoms with Crippen LogP contribution in [0.25, 0.3) is 5.82 Å². The Kier molecular flexibility index (Phi) is 5.52. The van der Waals surface area contributed by atoms with Gasteiger partial charge in [0, 0.05) is 43.0 Å². The number of imidazole rings is 1. The van der Waals surface area contributed by atoms with Crippen molar-refractivity contribution in [3.8, 4) is 5.82 Å². The molecule has 1 saturated heterocycles. The predicted molar refractivity (Wildman–Crippen MR) is 116 cm³/mol. The van der Waals surface area contributed by atoms with Crippen LogP contribution in [0.1, 0.15) is 17.0 Å². The molecule has 3 aromatic rings. The Bertz CT molecular complexity index is 1190. The van der Waals surface area contributed by atoms with Gasteiger partial charge in [-0.05, 0) is 38.5 Å². The molecule has 0 saturated carbocycles. The van der Waals surface area contributed by atoms with Crippen LogP contribution in [0.2, 0.25) is 5.02 Å². The number of hydrogen-bond donors (Lipinski definition) is 0. The second kappa shape index (κ2) is 7.98. The smallest absolute Gasteiger partial charge is 0.243 e. The lowest BCUT2D eigenvalue weighted by molar-refractivity contribution is 0.383. The molecule has 1 aromatic carbocycles. The van der Waals surface area contributed by atoms with Crippen molar-refractivity contribution in [1.29, 1.82) is 0 Å². The van der Waals surface area contributed by atoms with Crippen LogP contribution in [0.15, 0.2) is 41.8 Å². The Morgan fingerprint density at radius 2 is 1.63 bits per heavy atom. The molecule has 1 fully saturated rings. The lowest BCUT2D eigenvalue weighted by atomic mass is 10.2. The van der Waals surface area contributed by atoms with Crippen LogP contribution < -0.4 is 4.90 Å². The van der Waals surface area contributed by atoms with Gasteiger partial charge in [-0.25, -0.2) is 23.4 Å². The van der Waals surface area contributed by atoms with Gasteiger partial charge in [-0.15, -0.1) is 0 Å². The van der Waals surface area contributed by atoms with Crippen LogP contribution >= 0.6 is 11.6 Å². The van der Waals surface area contributed by atoms with Crippen LogP contribution in [0.4, 0.5) is 5.82 Å². The zero-order chi connectivity index (χ0) is 21.5. The largest absolute Gasteiger partial charge is 0.354 e. The van der Waals surface area contributed by atoms with Gasteiger partial charge in [-0.1, -0.05) is 17.7 Å². The van der Waals surface area contributed by atoms with Gasteiger partial charge in [0.05, 0.1) is 10.6 Å². The highest BCUT2D eigenvalue weighted by Gasteiger charge is 2.30. The van der Waals surface area contributed by atoms with Crippen LogP contribution in [0.5, 0.6) is 0 Å². The van der Waals surface area contributed by atoms with Gasteiger partial charge in [0.25, 0.3) is 0 Å². The molecule has 158 valence electrons. The summed E-state index contributed by atoms with van der Waals surface area (Å²) < 4.78 is 29.6. The van der Waals surface area contributed by atoms with E-state index in [4.69, 9.17) is 11.6 Å². The molecule has 0 atom stereocenters. The molecule has 8 nitrogen and oxygen atoms in total. The molecule has 10 heteroatoms. The summed E-state index contributed by atoms with van der Waals surface area (Å²) in [6.07, 6.45) is 3.27. The molecule has 0 radical (unpaired) electrons. The number of sulfonamides is 1. The van der Waals surface area contributed by atoms with Crippen molar-refractivity contribution in [3.63, 3.8) is 0 Å². The van der Waals surface area contributed by atoms with Gasteiger partial charge in [-0.2, -0.15) is 4.31 Å². The minimum absolute atomic E-state index is 0.263. The lowest BCUT2D eigenvalue weighted by Gasteiger charge is -2.35. The zero-order valence-electron chi connectivity index (χ0n) is 17.1. The molecule has 0 unspecified atom stereocenters. The molecule has 1 aliphatic rings. The first-order chi connectivity index (χ1) is 14.3. The van der Waals surface area contributed by atoms with Gasteiger partial charge in [0.1, 0.15) is 24.3 Å². The first-order valence-electron chi connectivity index (χ1n) is 9.61. The number of halogens is 1. The SMILES string of the molecule is Cc1ccc(Cl)cc1S(=O)(=O)N1CCN(c2cc(-n3cnc(C)c3C)ncn2)CC1. The summed E-state index contributed by atoms with van der Waals surface area (Å²) in [5.74, 6) is 1.50. The number of anilines is 1. The summed E-state index contributed by atoms with van der Waals surface area (Å²) in [6, 6.07) is 6.85. The maximum atomic E-state index is 13.1. The first kappa shape index (κ1) is 20.8. The number of hydrogen-bond acceptors (Lipinski definition) is 6. The molecule has 1 aliphatic heterocycles. The van der Waals surface area contributed by atoms with Crippen LogP contribution in [0.3, 0.4) is 0 Å². The molecular formula is C20H23ClN6O2S. The molecule has 3 heterocycles. The number of piperazine rings is 1. The topological polar surface area (TPSA) is 84.2 Å². The van der Waals surface area contributed by atoms with Crippen LogP contribution in [-0.4, -0.2) is 58.4 Å². The minimum atomic E-state index is -3.60. The fourth-order valence-electron chi connectivity index (χ4n) is 3.52. The third-order valence-electron chi connectivity index (χ3n) is 5.47. The quantitative estimate of drug-likeness (QED) is 0.612. The van der Waals surface area contributed by atoms with Gasteiger partial charge in [0.15, 0.2) is 0 Å². The maximum Gasteiger partial charge on any atom is 0.243 e. The Morgan fingerprint density at radius 3 is 2.30 bits per heavy atom. The highest BCUT2D eigenvalue weighted by atomic mass is 35.5. The van der Waals surface area contributed by atoms with Crippen LogP contribution in [0, 0.1) is 20.8 Å². The fraction of sp³-hybridized carbons (Fsp3) is 0.350. The van der Waals surface area contributed by atoms with Crippen molar-refractivity contribution in [2.45, 2.75) is 25.7 Å². The maximum absolute atomic E-state index is 13.1. The van der Waals surface area contributed by atoms with Gasteiger partial charge >= 0.3 is 0 Å². The number of aryl methyl sites for hydroxylation is 2. The van der Waals surface area contributed by atoms with E-state index in [0.717, 1.165) is 23.0 Å². The third-order valence-corrected chi connectivity index (χ3v) is 7.74. The highest BCUT2D eigenvalue weighted by molar-refractivity contribution is 7.89. The molecular weight excluding hydrogens is 424 g/mol. The van der Waals surface area contributed by atoms with Crippen molar-refractivity contribution in [1.82, 2.24) is 23.8 Å². The summed E-state index contributed by atoms with van der Waals surface area (Å²) in [4.78, 5) is 15.4. The summed E-state index contributed by atoms with van der Waals surface area (Å²) in [6.45, 7) is 7.55. The summed E-state index contributed by atoms with van der Waals surface area (Å²) in [5, 5.41) is 0.413. The molecule has 0 N–H and O–H groups in total. The number of benzene rings is 1. The normalized spacial score (nSPS) is 15.5. The Morgan fingerprint density at radius 1 is 0.933 bits per heavy atom. The monoisotopic (exact) mass is 446 g/mol. The van der Waals surface area contributed by atoms with Gasteiger partial charge in [-0.3, -0.25) is 4.57 Å². The summed E-state index contributed by atoms with van der Waals surface area (Å²) in [7, 11) is -3.60. The van der Waals surface area contributed by atoms with E-state index in [0.29, 0.717) is 36.8 Å². The fourth-order valence-corrected chi connectivity index (χ4v) is 5.43. The average molecular weight is 447 g/mol. The summed E-state index contributed by atoms with van der Waals surface area (Å²) >= 11 is 6.03. The van der Waals surface area contributed by atoms with E-state index >= 15 is 0 Å². The molecule has 4 rings (SSSR count). The second-order valence-electron chi connectivity index (χ2n) is 7.32. The standard InChI is InChI=1S/C20H23ClN6O2S/c1-14-4-5-17(21)10-18(14)30(28,29)26-8-6-25(7-9-26)19-11-20(23-12-22-19)27-13-24-15(2)16(27)3/h4-5,10-13H,6-9H2,1-3H3. The minimum Gasteiger partial charge on any atom is -0.354 e. The Balaban J connectivity index is 1.52. The Hall–Kier alpha value is -2.49. The lowest BCUT2D eigenvalue weighted by Crippen LogP contribution is -2.49. The number of rotatable bonds is 4. The molecule has 30 heavy (non-hydrogen) atoms. The van der Waals surface area contributed by atoms with Gasteiger partial charge in [0.2, 0.25) is 10.0 Å². The van der Waals surface area contributed by atoms with E-state index in [2.05, 4.69) is 19.9 Å². The second-order valence-corrected chi connectivity index (χ2v) is 9.66. The van der Waals surface area contributed by atoms with Crippen molar-refractivity contribution in [3.05, 3.63) is 58.9 Å². The Labute approximate surface area is 181 Å². The molecule has 0 spiro atoms. The summed E-state index contributed by atoms with van der Waals surface area (Å²) in [5.41, 5.74) is 2.66. The third kappa shape index (κ3) is 3.80. The van der Waals surface area contributed by atoms with E-state index in [1.807, 2.05) is 24.5 Å². The molecule has 2 aromatic heterocycles. The zero-order valence-corrected chi connectivity index (χ0v) is 18.7. The van der Waals surface area contributed by atoms with Crippen molar-refractivity contribution in [2.24, 2.45) is 0 Å². The average Bonchev–Trinajstić information content (AvgIpc) is 3.08.